The van der Waals surface area contributed by atoms with E-state index in [1.807, 2.05) is 6.07 Å². The lowest BCUT2D eigenvalue weighted by Crippen LogP contribution is -2.41. The molecule has 0 fully saturated rings. The van der Waals surface area contributed by atoms with Gasteiger partial charge in [-0.1, -0.05) is 26.3 Å². The third kappa shape index (κ3) is 5.11. The van der Waals surface area contributed by atoms with Crippen molar-refractivity contribution < 1.29 is 14.9 Å². The van der Waals surface area contributed by atoms with Crippen molar-refractivity contribution in [3.63, 3.8) is 0 Å². The Kier molecular flexibility index (Phi) is 7.18. The molecule has 0 bridgehead atoms. The van der Waals surface area contributed by atoms with Crippen LogP contribution < -0.4 is 5.32 Å². The maximum Gasteiger partial charge on any atom is 0.160 e. The van der Waals surface area contributed by atoms with Crippen LogP contribution in [0.2, 0.25) is 0 Å². The number of benzene rings is 1. The van der Waals surface area contributed by atoms with Crippen molar-refractivity contribution in [2.75, 3.05) is 13.2 Å². The molecule has 2 unspecified atom stereocenters. The number of hydrogen-bond acceptors (Lipinski definition) is 4. The van der Waals surface area contributed by atoms with E-state index in [1.54, 1.807) is 6.07 Å². The first-order chi connectivity index (χ1) is 11.2. The van der Waals surface area contributed by atoms with Crippen molar-refractivity contribution in [1.29, 1.82) is 0 Å². The van der Waals surface area contributed by atoms with Crippen LogP contribution in [0.4, 0.5) is 0 Å². The fourth-order valence-electron chi connectivity index (χ4n) is 3.28. The van der Waals surface area contributed by atoms with Gasteiger partial charge in [0.15, 0.2) is 11.5 Å². The van der Waals surface area contributed by atoms with Crippen LogP contribution in [0.3, 0.4) is 0 Å². The number of rotatable bonds is 9. The van der Waals surface area contributed by atoms with Crippen LogP contribution in [-0.4, -0.2) is 35.5 Å². The number of ether oxygens (including phenoxy) is 1. The van der Waals surface area contributed by atoms with Gasteiger partial charge in [0.2, 0.25) is 0 Å². The molecule has 4 nitrogen and oxygen atoms in total. The van der Waals surface area contributed by atoms with Gasteiger partial charge in [-0.2, -0.15) is 0 Å². The molecule has 1 aromatic carbocycles. The Bertz CT molecular complexity index is 490. The molecule has 2 rings (SSSR count). The summed E-state index contributed by atoms with van der Waals surface area (Å²) in [6, 6.07) is 4.45. The van der Waals surface area contributed by atoms with E-state index < -0.39 is 0 Å². The maximum atomic E-state index is 9.96. The van der Waals surface area contributed by atoms with E-state index >= 15 is 0 Å². The number of fused-ring (bicyclic) bond motifs is 1. The number of phenolic OH excluding ortho intramolecular Hbond substituents is 2. The summed E-state index contributed by atoms with van der Waals surface area (Å²) in [5.41, 5.74) is 2.07. The molecule has 4 heteroatoms. The number of nitrogens with one attached hydrogen (secondary N) is 1. The smallest absolute Gasteiger partial charge is 0.160 e. The van der Waals surface area contributed by atoms with E-state index in [1.165, 1.54) is 6.42 Å². The number of phenols is 2. The van der Waals surface area contributed by atoms with Gasteiger partial charge in [-0.3, -0.25) is 0 Å². The molecular formula is C19H31NO3. The third-order valence-corrected chi connectivity index (χ3v) is 4.78. The second kappa shape index (κ2) is 9.14. The number of unbranched alkanes of at least 4 members (excludes halogenated alkanes) is 1. The summed E-state index contributed by atoms with van der Waals surface area (Å²) in [6.07, 6.45) is 7.19. The molecule has 0 saturated carbocycles. The summed E-state index contributed by atoms with van der Waals surface area (Å²) in [5.74, 6) is 0.0585. The fraction of sp³-hybridized carbons (Fsp3) is 0.684. The van der Waals surface area contributed by atoms with E-state index in [4.69, 9.17) is 4.74 Å². The van der Waals surface area contributed by atoms with Crippen LogP contribution in [0.1, 0.15) is 57.1 Å². The molecule has 1 aliphatic rings. The fourth-order valence-corrected chi connectivity index (χ4v) is 3.28. The number of aromatic hydroxyl groups is 2. The predicted molar refractivity (Wildman–Crippen MR) is 93.1 cm³/mol. The summed E-state index contributed by atoms with van der Waals surface area (Å²) in [4.78, 5) is 0. The summed E-state index contributed by atoms with van der Waals surface area (Å²) < 4.78 is 5.68. The van der Waals surface area contributed by atoms with E-state index in [0.717, 1.165) is 62.9 Å². The minimum atomic E-state index is -0.00850. The lowest BCUT2D eigenvalue weighted by atomic mass is 9.87. The lowest BCUT2D eigenvalue weighted by Gasteiger charge is -2.30. The molecule has 0 spiro atoms. The Morgan fingerprint density at radius 3 is 2.83 bits per heavy atom. The van der Waals surface area contributed by atoms with Crippen molar-refractivity contribution in [3.05, 3.63) is 23.3 Å². The Labute approximate surface area is 139 Å². The quantitative estimate of drug-likeness (QED) is 0.481. The SMILES string of the molecule is CCCCOCCC(CC)NC1CCc2c(ccc(O)c2O)C1. The summed E-state index contributed by atoms with van der Waals surface area (Å²) in [6.45, 7) is 6.08. The van der Waals surface area contributed by atoms with Gasteiger partial charge >= 0.3 is 0 Å². The summed E-state index contributed by atoms with van der Waals surface area (Å²) >= 11 is 0. The van der Waals surface area contributed by atoms with Crippen LogP contribution in [0, 0.1) is 0 Å². The van der Waals surface area contributed by atoms with Gasteiger partial charge in [-0.25, -0.2) is 0 Å². The predicted octanol–water partition coefficient (Wildman–Crippen LogP) is 3.53. The van der Waals surface area contributed by atoms with Crippen LogP contribution >= 0.6 is 0 Å². The first kappa shape index (κ1) is 18.1. The highest BCUT2D eigenvalue weighted by Crippen LogP contribution is 2.35. The van der Waals surface area contributed by atoms with Crippen molar-refractivity contribution in [1.82, 2.24) is 5.32 Å². The molecule has 1 aliphatic carbocycles. The first-order valence-corrected chi connectivity index (χ1v) is 9.02. The Hall–Kier alpha value is -1.26. The van der Waals surface area contributed by atoms with Gasteiger partial charge in [0.1, 0.15) is 0 Å². The van der Waals surface area contributed by atoms with Gasteiger partial charge < -0.3 is 20.3 Å². The minimum Gasteiger partial charge on any atom is -0.504 e. The summed E-state index contributed by atoms with van der Waals surface area (Å²) in [7, 11) is 0. The van der Waals surface area contributed by atoms with Crippen LogP contribution in [-0.2, 0) is 17.6 Å². The van der Waals surface area contributed by atoms with Gasteiger partial charge in [0, 0.05) is 30.9 Å². The zero-order valence-corrected chi connectivity index (χ0v) is 14.5. The van der Waals surface area contributed by atoms with Gasteiger partial charge in [0.25, 0.3) is 0 Å². The van der Waals surface area contributed by atoms with E-state index in [-0.39, 0.29) is 11.5 Å². The maximum absolute atomic E-state index is 9.96. The van der Waals surface area contributed by atoms with Gasteiger partial charge in [-0.15, -0.1) is 0 Å². The minimum absolute atomic E-state index is 0.00850. The second-order valence-corrected chi connectivity index (χ2v) is 6.54. The molecule has 23 heavy (non-hydrogen) atoms. The highest BCUT2D eigenvalue weighted by atomic mass is 16.5. The molecule has 3 N–H and O–H groups in total. The molecule has 0 saturated heterocycles. The average molecular weight is 321 g/mol. The zero-order chi connectivity index (χ0) is 16.7. The molecule has 0 amide bonds. The monoisotopic (exact) mass is 321 g/mol. The van der Waals surface area contributed by atoms with Crippen molar-refractivity contribution in [3.8, 4) is 11.5 Å². The Balaban J connectivity index is 1.82. The molecule has 1 aromatic rings. The molecule has 0 aromatic heterocycles. The highest BCUT2D eigenvalue weighted by molar-refractivity contribution is 5.50. The average Bonchev–Trinajstić information content (AvgIpc) is 2.57. The van der Waals surface area contributed by atoms with E-state index in [9.17, 15) is 10.2 Å². The van der Waals surface area contributed by atoms with E-state index in [0.29, 0.717) is 12.1 Å². The van der Waals surface area contributed by atoms with Crippen LogP contribution in [0.5, 0.6) is 11.5 Å². The van der Waals surface area contributed by atoms with Crippen LogP contribution in [0.15, 0.2) is 12.1 Å². The zero-order valence-electron chi connectivity index (χ0n) is 14.5. The molecule has 0 aliphatic heterocycles. The normalized spacial score (nSPS) is 18.6. The topological polar surface area (TPSA) is 61.7 Å². The Morgan fingerprint density at radius 2 is 2.09 bits per heavy atom. The Morgan fingerprint density at radius 1 is 1.26 bits per heavy atom. The summed E-state index contributed by atoms with van der Waals surface area (Å²) in [5, 5.41) is 23.3. The largest absolute Gasteiger partial charge is 0.504 e. The molecule has 2 atom stereocenters. The van der Waals surface area contributed by atoms with Crippen molar-refractivity contribution in [2.24, 2.45) is 0 Å². The third-order valence-electron chi connectivity index (χ3n) is 4.78. The molecular weight excluding hydrogens is 290 g/mol. The number of hydrogen-bond donors (Lipinski definition) is 3. The van der Waals surface area contributed by atoms with Gasteiger partial charge in [0.05, 0.1) is 0 Å². The van der Waals surface area contributed by atoms with Gasteiger partial charge in [-0.05, 0) is 50.2 Å². The van der Waals surface area contributed by atoms with Crippen molar-refractivity contribution in [2.45, 2.75) is 70.9 Å². The highest BCUT2D eigenvalue weighted by Gasteiger charge is 2.23. The van der Waals surface area contributed by atoms with Crippen molar-refractivity contribution >= 4 is 0 Å². The second-order valence-electron chi connectivity index (χ2n) is 6.54. The first-order valence-electron chi connectivity index (χ1n) is 9.02. The van der Waals surface area contributed by atoms with Crippen LogP contribution in [0.25, 0.3) is 0 Å². The van der Waals surface area contributed by atoms with E-state index in [2.05, 4.69) is 19.2 Å². The molecule has 0 heterocycles. The lowest BCUT2D eigenvalue weighted by molar-refractivity contribution is 0.119. The standard InChI is InChI=1S/C19H31NO3/c1-3-5-11-23-12-10-15(4-2)20-16-7-8-17-14(13-16)6-9-18(21)19(17)22/h6,9,15-16,20-22H,3-5,7-8,10-13H2,1-2H3. The molecule has 0 radical (unpaired) electrons. The molecule has 130 valence electrons.